The van der Waals surface area contributed by atoms with Gasteiger partial charge in [-0.1, -0.05) is 31.4 Å². The zero-order chi connectivity index (χ0) is 15.1. The number of hydrogen-bond donors (Lipinski definition) is 3. The summed E-state index contributed by atoms with van der Waals surface area (Å²) < 4.78 is 0. The number of nitrogens with one attached hydrogen (secondary N) is 2. The molecule has 21 heavy (non-hydrogen) atoms. The number of carbonyl (C=O) groups is 2. The average Bonchev–Trinajstić information content (AvgIpc) is 2.52. The standard InChI is InChI=1S/C16H26N2O3/c19-15(20)14(13-9-5-2-6-10-13)18-16(21)17-11-12-7-3-1-4-8-12/h1,3,12-14H,2,4-11H2,(H,19,20)(H2,17,18,21). The normalized spacial score (nSPS) is 24.3. The molecule has 0 aromatic heterocycles. The van der Waals surface area contributed by atoms with Crippen LogP contribution in [0, 0.1) is 11.8 Å². The zero-order valence-corrected chi connectivity index (χ0v) is 12.5. The van der Waals surface area contributed by atoms with E-state index in [0.29, 0.717) is 12.5 Å². The molecule has 2 unspecified atom stereocenters. The van der Waals surface area contributed by atoms with E-state index < -0.39 is 12.0 Å². The first kappa shape index (κ1) is 15.9. The maximum atomic E-state index is 11.9. The summed E-state index contributed by atoms with van der Waals surface area (Å²) in [7, 11) is 0. The maximum Gasteiger partial charge on any atom is 0.326 e. The zero-order valence-electron chi connectivity index (χ0n) is 12.5. The van der Waals surface area contributed by atoms with Crippen molar-refractivity contribution in [3.8, 4) is 0 Å². The van der Waals surface area contributed by atoms with Crippen LogP contribution < -0.4 is 10.6 Å². The Labute approximate surface area is 126 Å². The molecule has 0 bridgehead atoms. The summed E-state index contributed by atoms with van der Waals surface area (Å²) >= 11 is 0. The van der Waals surface area contributed by atoms with E-state index in [4.69, 9.17) is 0 Å². The maximum absolute atomic E-state index is 11.9. The summed E-state index contributed by atoms with van der Waals surface area (Å²) in [6.07, 6.45) is 12.5. The lowest BCUT2D eigenvalue weighted by Gasteiger charge is -2.28. The van der Waals surface area contributed by atoms with Crippen LogP contribution in [0.15, 0.2) is 12.2 Å². The van der Waals surface area contributed by atoms with Crippen LogP contribution in [0.4, 0.5) is 4.79 Å². The predicted molar refractivity (Wildman–Crippen MR) is 81.0 cm³/mol. The minimum atomic E-state index is -0.919. The molecule has 2 atom stereocenters. The van der Waals surface area contributed by atoms with E-state index >= 15 is 0 Å². The Kier molecular flexibility index (Phi) is 6.08. The summed E-state index contributed by atoms with van der Waals surface area (Å²) in [5.41, 5.74) is 0. The first-order valence-corrected chi connectivity index (χ1v) is 8.09. The van der Waals surface area contributed by atoms with Gasteiger partial charge in [0.2, 0.25) is 0 Å². The lowest BCUT2D eigenvalue weighted by atomic mass is 9.84. The van der Waals surface area contributed by atoms with Gasteiger partial charge in [0, 0.05) is 6.54 Å². The number of carbonyl (C=O) groups excluding carboxylic acids is 1. The first-order valence-electron chi connectivity index (χ1n) is 8.09. The summed E-state index contributed by atoms with van der Waals surface area (Å²) in [6, 6.07) is -1.10. The third-order valence-corrected chi connectivity index (χ3v) is 4.60. The highest BCUT2D eigenvalue weighted by molar-refractivity contribution is 5.82. The molecule has 0 aliphatic heterocycles. The Morgan fingerprint density at radius 2 is 1.90 bits per heavy atom. The van der Waals surface area contributed by atoms with Crippen molar-refractivity contribution < 1.29 is 14.7 Å². The van der Waals surface area contributed by atoms with E-state index in [-0.39, 0.29) is 11.9 Å². The SMILES string of the molecule is O=C(NCC1CC=CCC1)NC(C(=O)O)C1CCCCC1. The summed E-state index contributed by atoms with van der Waals surface area (Å²) in [6.45, 7) is 0.618. The molecule has 5 nitrogen and oxygen atoms in total. The third-order valence-electron chi connectivity index (χ3n) is 4.60. The summed E-state index contributed by atoms with van der Waals surface area (Å²) in [5, 5.41) is 14.8. The molecular weight excluding hydrogens is 268 g/mol. The topological polar surface area (TPSA) is 78.4 Å². The van der Waals surface area contributed by atoms with Crippen LogP contribution in [0.3, 0.4) is 0 Å². The highest BCUT2D eigenvalue weighted by Crippen LogP contribution is 2.26. The van der Waals surface area contributed by atoms with Crippen LogP contribution in [0.5, 0.6) is 0 Å². The lowest BCUT2D eigenvalue weighted by molar-refractivity contribution is -0.141. The molecule has 3 N–H and O–H groups in total. The molecule has 2 aliphatic carbocycles. The average molecular weight is 294 g/mol. The first-order chi connectivity index (χ1) is 10.2. The van der Waals surface area contributed by atoms with E-state index in [1.807, 2.05) is 0 Å². The fraction of sp³-hybridized carbons (Fsp3) is 0.750. The highest BCUT2D eigenvalue weighted by atomic mass is 16.4. The fourth-order valence-electron chi connectivity index (χ4n) is 3.32. The van der Waals surface area contributed by atoms with Crippen molar-refractivity contribution >= 4 is 12.0 Å². The van der Waals surface area contributed by atoms with Gasteiger partial charge in [0.25, 0.3) is 0 Å². The van der Waals surface area contributed by atoms with E-state index in [2.05, 4.69) is 22.8 Å². The Bertz CT molecular complexity index is 389. The minimum Gasteiger partial charge on any atom is -0.480 e. The van der Waals surface area contributed by atoms with Crippen molar-refractivity contribution in [1.82, 2.24) is 10.6 Å². The van der Waals surface area contributed by atoms with Gasteiger partial charge < -0.3 is 15.7 Å². The molecule has 118 valence electrons. The van der Waals surface area contributed by atoms with Gasteiger partial charge in [-0.15, -0.1) is 0 Å². The van der Waals surface area contributed by atoms with Crippen LogP contribution >= 0.6 is 0 Å². The van der Waals surface area contributed by atoms with E-state index in [1.165, 1.54) is 6.42 Å². The molecule has 0 aromatic rings. The molecule has 1 fully saturated rings. The smallest absolute Gasteiger partial charge is 0.326 e. The molecule has 2 aliphatic rings. The van der Waals surface area contributed by atoms with Crippen LogP contribution in [0.25, 0.3) is 0 Å². The molecule has 0 aromatic carbocycles. The minimum absolute atomic E-state index is 0.0691. The number of carboxylic acids is 1. The Hall–Kier alpha value is -1.52. The highest BCUT2D eigenvalue weighted by Gasteiger charge is 2.30. The fourth-order valence-corrected chi connectivity index (χ4v) is 3.32. The molecule has 2 rings (SSSR count). The van der Waals surface area contributed by atoms with Crippen molar-refractivity contribution in [1.29, 1.82) is 0 Å². The van der Waals surface area contributed by atoms with Crippen LogP contribution in [-0.2, 0) is 4.79 Å². The quantitative estimate of drug-likeness (QED) is 0.682. The van der Waals surface area contributed by atoms with Gasteiger partial charge in [-0.2, -0.15) is 0 Å². The molecule has 0 saturated heterocycles. The Morgan fingerprint density at radius 1 is 1.14 bits per heavy atom. The van der Waals surface area contributed by atoms with E-state index in [1.54, 1.807) is 0 Å². The number of carboxylic acid groups (broad SMARTS) is 1. The van der Waals surface area contributed by atoms with Crippen molar-refractivity contribution in [3.63, 3.8) is 0 Å². The van der Waals surface area contributed by atoms with Gasteiger partial charge in [0.15, 0.2) is 0 Å². The number of aliphatic carboxylic acids is 1. The third kappa shape index (κ3) is 5.06. The summed E-state index contributed by atoms with van der Waals surface area (Å²) in [4.78, 5) is 23.3. The molecule has 0 radical (unpaired) electrons. The monoisotopic (exact) mass is 294 g/mol. The number of allylic oxidation sites excluding steroid dienone is 2. The molecule has 2 amide bonds. The van der Waals surface area contributed by atoms with Gasteiger partial charge >= 0.3 is 12.0 Å². The summed E-state index contributed by atoms with van der Waals surface area (Å²) in [5.74, 6) is -0.379. The van der Waals surface area contributed by atoms with Crippen molar-refractivity contribution in [2.75, 3.05) is 6.54 Å². The Morgan fingerprint density at radius 3 is 2.52 bits per heavy atom. The van der Waals surface area contributed by atoms with Crippen molar-refractivity contribution in [2.45, 2.75) is 57.4 Å². The lowest BCUT2D eigenvalue weighted by Crippen LogP contribution is -2.50. The van der Waals surface area contributed by atoms with Gasteiger partial charge in [0.05, 0.1) is 0 Å². The van der Waals surface area contributed by atoms with E-state index in [0.717, 1.165) is 44.9 Å². The molecule has 5 heteroatoms. The van der Waals surface area contributed by atoms with Gasteiger partial charge in [0.1, 0.15) is 6.04 Å². The van der Waals surface area contributed by atoms with Crippen LogP contribution in [0.2, 0.25) is 0 Å². The molecule has 1 saturated carbocycles. The molecule has 0 spiro atoms. The molecule has 0 heterocycles. The predicted octanol–water partition coefficient (Wildman–Crippen LogP) is 2.68. The van der Waals surface area contributed by atoms with Gasteiger partial charge in [-0.3, -0.25) is 0 Å². The number of urea groups is 1. The second-order valence-corrected chi connectivity index (χ2v) is 6.22. The van der Waals surface area contributed by atoms with Crippen LogP contribution in [0.1, 0.15) is 51.4 Å². The molecular formula is C16H26N2O3. The second kappa shape index (κ2) is 8.05. The van der Waals surface area contributed by atoms with E-state index in [9.17, 15) is 14.7 Å². The van der Waals surface area contributed by atoms with Crippen LogP contribution in [-0.4, -0.2) is 29.7 Å². The van der Waals surface area contributed by atoms with Crippen molar-refractivity contribution in [3.05, 3.63) is 12.2 Å². The van der Waals surface area contributed by atoms with Crippen molar-refractivity contribution in [2.24, 2.45) is 11.8 Å². The largest absolute Gasteiger partial charge is 0.480 e. The van der Waals surface area contributed by atoms with Gasteiger partial charge in [-0.05, 0) is 43.9 Å². The Balaban J connectivity index is 1.77. The van der Waals surface area contributed by atoms with Gasteiger partial charge in [-0.25, -0.2) is 9.59 Å². The number of amides is 2. The number of hydrogen-bond acceptors (Lipinski definition) is 2. The number of rotatable bonds is 5. The second-order valence-electron chi connectivity index (χ2n) is 6.22.